The number of carbonyl (C=O) groups is 3. The summed E-state index contributed by atoms with van der Waals surface area (Å²) in [5.41, 5.74) is 2.36. The lowest BCUT2D eigenvalue weighted by atomic mass is 9.64. The van der Waals surface area contributed by atoms with E-state index in [1.54, 1.807) is 30.3 Å². The smallest absolute Gasteiger partial charge is 0.337 e. The van der Waals surface area contributed by atoms with Gasteiger partial charge in [0.05, 0.1) is 12.7 Å². The van der Waals surface area contributed by atoms with E-state index in [1.807, 2.05) is 18.2 Å². The third-order valence-corrected chi connectivity index (χ3v) is 5.41. The Labute approximate surface area is 175 Å². The van der Waals surface area contributed by atoms with Crippen molar-refractivity contribution >= 4 is 23.9 Å². The average Bonchev–Trinajstić information content (AvgIpc) is 2.76. The monoisotopic (exact) mass is 407 g/mol. The maximum atomic E-state index is 12.1. The zero-order valence-electron chi connectivity index (χ0n) is 16.9. The molecule has 0 spiro atoms. The van der Waals surface area contributed by atoms with Crippen LogP contribution in [0.1, 0.15) is 40.7 Å². The highest BCUT2D eigenvalue weighted by Gasteiger charge is 2.38. The summed E-state index contributed by atoms with van der Waals surface area (Å²) >= 11 is 0. The Kier molecular flexibility index (Phi) is 7.01. The molecule has 0 atom stereocenters. The van der Waals surface area contributed by atoms with Crippen LogP contribution >= 0.6 is 0 Å². The summed E-state index contributed by atoms with van der Waals surface area (Å²) in [6.07, 6.45) is 6.02. The molecule has 156 valence electrons. The van der Waals surface area contributed by atoms with Crippen LogP contribution in [0.2, 0.25) is 0 Å². The van der Waals surface area contributed by atoms with Crippen LogP contribution in [0.25, 0.3) is 6.08 Å². The molecule has 0 aliphatic heterocycles. The van der Waals surface area contributed by atoms with Crippen LogP contribution in [0.15, 0.2) is 60.7 Å². The van der Waals surface area contributed by atoms with Crippen molar-refractivity contribution in [1.82, 2.24) is 5.32 Å². The Balaban J connectivity index is 1.44. The lowest BCUT2D eigenvalue weighted by molar-refractivity contribution is -0.143. The predicted octanol–water partition coefficient (Wildman–Crippen LogP) is 3.27. The second-order valence-electron chi connectivity index (χ2n) is 7.33. The number of hydrogen-bond donors (Lipinski definition) is 1. The van der Waals surface area contributed by atoms with Crippen LogP contribution in [-0.4, -0.2) is 38.1 Å². The molecule has 0 radical (unpaired) electrons. The molecule has 0 saturated heterocycles. The third-order valence-electron chi connectivity index (χ3n) is 5.41. The largest absolute Gasteiger partial charge is 0.465 e. The first-order valence-corrected chi connectivity index (χ1v) is 9.88. The maximum Gasteiger partial charge on any atom is 0.337 e. The molecule has 1 aliphatic rings. The molecule has 6 heteroatoms. The fourth-order valence-electron chi connectivity index (χ4n) is 3.48. The van der Waals surface area contributed by atoms with Gasteiger partial charge < -0.3 is 14.8 Å². The fourth-order valence-corrected chi connectivity index (χ4v) is 3.48. The van der Waals surface area contributed by atoms with Crippen molar-refractivity contribution in [1.29, 1.82) is 0 Å². The van der Waals surface area contributed by atoms with Crippen molar-refractivity contribution < 1.29 is 23.9 Å². The van der Waals surface area contributed by atoms with Crippen LogP contribution in [0.5, 0.6) is 0 Å². The van der Waals surface area contributed by atoms with E-state index in [0.29, 0.717) is 12.1 Å². The minimum atomic E-state index is -0.608. The summed E-state index contributed by atoms with van der Waals surface area (Å²) in [5.74, 6) is -1.35. The molecule has 30 heavy (non-hydrogen) atoms. The van der Waals surface area contributed by atoms with E-state index in [4.69, 9.17) is 4.74 Å². The van der Waals surface area contributed by atoms with Gasteiger partial charge in [0, 0.05) is 18.0 Å². The van der Waals surface area contributed by atoms with E-state index in [9.17, 15) is 14.4 Å². The Morgan fingerprint density at radius 1 is 1.03 bits per heavy atom. The normalized spacial score (nSPS) is 14.6. The van der Waals surface area contributed by atoms with E-state index in [-0.39, 0.29) is 17.9 Å². The number of esters is 2. The molecular weight excluding hydrogens is 382 g/mol. The molecule has 1 N–H and O–H groups in total. The Hall–Kier alpha value is -3.41. The molecule has 0 bridgehead atoms. The lowest BCUT2D eigenvalue weighted by Gasteiger charge is -2.42. The van der Waals surface area contributed by atoms with Crippen LogP contribution < -0.4 is 5.32 Å². The molecule has 6 nitrogen and oxygen atoms in total. The fraction of sp³-hybridized carbons (Fsp3) is 0.292. The number of methoxy groups -OCH3 is 1. The Morgan fingerprint density at radius 2 is 1.73 bits per heavy atom. The number of rotatable bonds is 8. The summed E-state index contributed by atoms with van der Waals surface area (Å²) in [7, 11) is 1.32. The van der Waals surface area contributed by atoms with Gasteiger partial charge in [-0.1, -0.05) is 48.9 Å². The van der Waals surface area contributed by atoms with Gasteiger partial charge in [0.1, 0.15) is 0 Å². The van der Waals surface area contributed by atoms with E-state index in [1.165, 1.54) is 18.7 Å². The molecule has 0 unspecified atom stereocenters. The number of hydrogen-bond acceptors (Lipinski definition) is 5. The van der Waals surface area contributed by atoms with Crippen molar-refractivity contribution in [3.05, 3.63) is 77.4 Å². The highest BCUT2D eigenvalue weighted by molar-refractivity contribution is 5.91. The standard InChI is InChI=1S/C24H25NO5/c1-29-23(28)19-11-8-18(9-12-19)10-13-22(27)30-16-21(26)25-17-24(14-5-15-24)20-6-3-2-4-7-20/h2-4,6-13H,5,14-17H2,1H3,(H,25,26)/b13-10+. The molecule has 1 amide bonds. The van der Waals surface area contributed by atoms with Crippen molar-refractivity contribution in [2.24, 2.45) is 0 Å². The van der Waals surface area contributed by atoms with Crippen molar-refractivity contribution in [2.75, 3.05) is 20.3 Å². The second kappa shape index (κ2) is 9.87. The number of benzene rings is 2. The zero-order chi connectivity index (χ0) is 21.4. The Morgan fingerprint density at radius 3 is 2.33 bits per heavy atom. The topological polar surface area (TPSA) is 81.7 Å². The van der Waals surface area contributed by atoms with E-state index < -0.39 is 11.9 Å². The van der Waals surface area contributed by atoms with E-state index in [0.717, 1.165) is 24.8 Å². The lowest BCUT2D eigenvalue weighted by Crippen LogP contribution is -2.46. The summed E-state index contributed by atoms with van der Waals surface area (Å²) in [6, 6.07) is 16.8. The second-order valence-corrected chi connectivity index (χ2v) is 7.33. The molecule has 2 aromatic carbocycles. The molecular formula is C24H25NO5. The number of carbonyl (C=O) groups excluding carboxylic acids is 3. The first-order valence-electron chi connectivity index (χ1n) is 9.88. The number of ether oxygens (including phenoxy) is 2. The summed E-state index contributed by atoms with van der Waals surface area (Å²) in [5, 5.41) is 2.89. The Bertz CT molecular complexity index is 914. The molecule has 3 rings (SSSR count). The number of nitrogens with one attached hydrogen (secondary N) is 1. The van der Waals surface area contributed by atoms with Gasteiger partial charge in [0.2, 0.25) is 0 Å². The minimum absolute atomic E-state index is 0.0167. The first-order chi connectivity index (χ1) is 14.5. The molecule has 1 saturated carbocycles. The SMILES string of the molecule is COC(=O)c1ccc(/C=C/C(=O)OCC(=O)NCC2(c3ccccc3)CCC2)cc1. The summed E-state index contributed by atoms with van der Waals surface area (Å²) < 4.78 is 9.65. The summed E-state index contributed by atoms with van der Waals surface area (Å²) in [6.45, 7) is 0.213. The van der Waals surface area contributed by atoms with E-state index >= 15 is 0 Å². The predicted molar refractivity (Wildman–Crippen MR) is 113 cm³/mol. The molecule has 0 aromatic heterocycles. The van der Waals surface area contributed by atoms with Gasteiger partial charge in [-0.05, 0) is 42.2 Å². The molecule has 0 heterocycles. The van der Waals surface area contributed by atoms with Gasteiger partial charge in [-0.3, -0.25) is 4.79 Å². The van der Waals surface area contributed by atoms with Gasteiger partial charge in [-0.25, -0.2) is 9.59 Å². The van der Waals surface area contributed by atoms with Gasteiger partial charge in [-0.15, -0.1) is 0 Å². The average molecular weight is 407 g/mol. The van der Waals surface area contributed by atoms with Gasteiger partial charge in [0.15, 0.2) is 6.61 Å². The van der Waals surface area contributed by atoms with Crippen molar-refractivity contribution in [3.8, 4) is 0 Å². The van der Waals surface area contributed by atoms with Gasteiger partial charge >= 0.3 is 11.9 Å². The zero-order valence-corrected chi connectivity index (χ0v) is 16.9. The summed E-state index contributed by atoms with van der Waals surface area (Å²) in [4.78, 5) is 35.4. The van der Waals surface area contributed by atoms with Crippen molar-refractivity contribution in [3.63, 3.8) is 0 Å². The highest BCUT2D eigenvalue weighted by Crippen LogP contribution is 2.43. The van der Waals surface area contributed by atoms with Crippen LogP contribution in [0, 0.1) is 0 Å². The van der Waals surface area contributed by atoms with Gasteiger partial charge in [-0.2, -0.15) is 0 Å². The van der Waals surface area contributed by atoms with Crippen LogP contribution in [-0.2, 0) is 24.5 Å². The highest BCUT2D eigenvalue weighted by atomic mass is 16.5. The quantitative estimate of drug-likeness (QED) is 0.537. The minimum Gasteiger partial charge on any atom is -0.465 e. The number of amides is 1. The first kappa shape index (κ1) is 21.3. The maximum absolute atomic E-state index is 12.1. The van der Waals surface area contributed by atoms with Crippen molar-refractivity contribution in [2.45, 2.75) is 24.7 Å². The van der Waals surface area contributed by atoms with Crippen LogP contribution in [0.3, 0.4) is 0 Å². The molecule has 1 fully saturated rings. The van der Waals surface area contributed by atoms with Gasteiger partial charge in [0.25, 0.3) is 5.91 Å². The molecule has 1 aliphatic carbocycles. The molecule has 2 aromatic rings. The van der Waals surface area contributed by atoms with E-state index in [2.05, 4.69) is 22.2 Å². The third kappa shape index (κ3) is 5.35. The van der Waals surface area contributed by atoms with Crippen LogP contribution in [0.4, 0.5) is 0 Å².